The molecule has 3 aliphatic carbocycles. The second-order valence-corrected chi connectivity index (χ2v) is 11.7. The van der Waals surface area contributed by atoms with Gasteiger partial charge >= 0.3 is 11.9 Å². The SMILES string of the molecule is CO[C@H]1O[C@@]2(C)CC(=O)[C@H]3C[C@]2(O[C@@H]2O[C@H](COC(=O)c4ccccc4)[C@@H](O)[C@H](O)[C@H]2O)[C@@]13COC(=O)c1ccccc1. The van der Waals surface area contributed by atoms with Crippen LogP contribution in [0.3, 0.4) is 0 Å². The molecule has 2 aromatic rings. The van der Waals surface area contributed by atoms with Gasteiger partial charge in [-0.2, -0.15) is 0 Å². The van der Waals surface area contributed by atoms with Gasteiger partial charge in [-0.15, -0.1) is 0 Å². The van der Waals surface area contributed by atoms with E-state index < -0.39 is 78.1 Å². The minimum Gasteiger partial charge on any atom is -0.461 e. The maximum Gasteiger partial charge on any atom is 0.338 e. The summed E-state index contributed by atoms with van der Waals surface area (Å²) in [6.45, 7) is 0.949. The second-order valence-electron chi connectivity index (χ2n) is 11.7. The summed E-state index contributed by atoms with van der Waals surface area (Å²) in [6.07, 6.45) is -8.70. The summed E-state index contributed by atoms with van der Waals surface area (Å²) in [6, 6.07) is 16.6. The molecule has 12 heteroatoms. The average Bonchev–Trinajstić information content (AvgIpc) is 3.10. The molecule has 12 nitrogen and oxygen atoms in total. The number of methoxy groups -OCH3 is 1. The number of esters is 2. The van der Waals surface area contributed by atoms with E-state index in [2.05, 4.69) is 0 Å². The highest BCUT2D eigenvalue weighted by molar-refractivity contribution is 5.90. The number of aliphatic hydroxyl groups excluding tert-OH is 3. The molecule has 2 aromatic carbocycles. The summed E-state index contributed by atoms with van der Waals surface area (Å²) < 4.78 is 35.5. The Hall–Kier alpha value is -3.23. The third-order valence-corrected chi connectivity index (χ3v) is 9.45. The number of aliphatic hydroxyl groups is 3. The topological polar surface area (TPSA) is 167 Å². The van der Waals surface area contributed by atoms with E-state index in [1.165, 1.54) is 7.11 Å². The van der Waals surface area contributed by atoms with Crippen molar-refractivity contribution < 1.29 is 58.1 Å². The standard InChI is InChI=1S/C31H34O12/c1-29-14-20(32)19-13-31(29,30(19,28(38-2)43-29)16-40-26(37)18-11-7-4-8-12-18)42-27-24(35)23(34)22(33)21(41-27)15-39-25(36)17-9-5-3-6-10-17/h3-12,19,21-24,27-28,33-35H,13-16H2,1-2H3/t19-,21-,22-,23+,24-,27+,28+,29+,30-,31-/m1/s1. The lowest BCUT2D eigenvalue weighted by molar-refractivity contribution is -0.381. The predicted molar refractivity (Wildman–Crippen MR) is 144 cm³/mol. The zero-order valence-electron chi connectivity index (χ0n) is 23.7. The van der Waals surface area contributed by atoms with Crippen molar-refractivity contribution in [2.75, 3.05) is 20.3 Å². The van der Waals surface area contributed by atoms with E-state index in [0.29, 0.717) is 5.56 Å². The van der Waals surface area contributed by atoms with Crippen LogP contribution in [0.4, 0.5) is 0 Å². The lowest BCUT2D eigenvalue weighted by atomic mass is 9.41. The van der Waals surface area contributed by atoms with Crippen LogP contribution in [0.15, 0.2) is 60.7 Å². The van der Waals surface area contributed by atoms with Crippen molar-refractivity contribution >= 4 is 17.7 Å². The van der Waals surface area contributed by atoms with E-state index in [9.17, 15) is 29.7 Å². The summed E-state index contributed by atoms with van der Waals surface area (Å²) in [4.78, 5) is 38.7. The first-order chi connectivity index (χ1) is 20.6. The summed E-state index contributed by atoms with van der Waals surface area (Å²) in [5.41, 5.74) is -3.31. The molecule has 4 bridgehead atoms. The molecular formula is C31H34O12. The fourth-order valence-corrected chi connectivity index (χ4v) is 7.18. The van der Waals surface area contributed by atoms with Gasteiger partial charge in [-0.3, -0.25) is 4.79 Å². The summed E-state index contributed by atoms with van der Waals surface area (Å²) in [7, 11) is 1.41. The Labute approximate surface area is 247 Å². The molecule has 3 saturated carbocycles. The first-order valence-electron chi connectivity index (χ1n) is 14.1. The highest BCUT2D eigenvalue weighted by atomic mass is 16.8. The number of benzene rings is 2. The normalized spacial score (nSPS) is 39.6. The quantitative estimate of drug-likeness (QED) is 0.351. The van der Waals surface area contributed by atoms with Crippen molar-refractivity contribution in [1.82, 2.24) is 0 Å². The zero-order valence-corrected chi connectivity index (χ0v) is 23.7. The van der Waals surface area contributed by atoms with Crippen molar-refractivity contribution in [2.45, 2.75) is 68.0 Å². The molecule has 43 heavy (non-hydrogen) atoms. The van der Waals surface area contributed by atoms with Crippen molar-refractivity contribution in [3.8, 4) is 0 Å². The average molecular weight is 599 g/mol. The van der Waals surface area contributed by atoms with Gasteiger partial charge in [0, 0.05) is 19.4 Å². The van der Waals surface area contributed by atoms with Gasteiger partial charge in [0.2, 0.25) is 0 Å². The van der Waals surface area contributed by atoms with Crippen LogP contribution in [0.25, 0.3) is 0 Å². The Morgan fingerprint density at radius 3 is 2.12 bits per heavy atom. The zero-order chi connectivity index (χ0) is 30.6. The Morgan fingerprint density at radius 2 is 1.51 bits per heavy atom. The van der Waals surface area contributed by atoms with Gasteiger partial charge in [-0.25, -0.2) is 9.59 Å². The number of ketones is 1. The van der Waals surface area contributed by atoms with Crippen LogP contribution < -0.4 is 0 Å². The molecule has 0 radical (unpaired) electrons. The number of Topliss-reactive ketones (excluding diaryl/α,β-unsaturated/α-hetero) is 1. The Bertz CT molecular complexity index is 1370. The Kier molecular flexibility index (Phi) is 7.66. The Morgan fingerprint density at radius 1 is 0.907 bits per heavy atom. The number of fused-ring (bicyclic) bond motifs is 1. The van der Waals surface area contributed by atoms with Crippen molar-refractivity contribution in [3.05, 3.63) is 71.8 Å². The highest BCUT2D eigenvalue weighted by Gasteiger charge is 2.87. The highest BCUT2D eigenvalue weighted by Crippen LogP contribution is 2.74. The molecule has 2 aliphatic heterocycles. The van der Waals surface area contributed by atoms with Gasteiger partial charge in [-0.05, 0) is 37.6 Å². The molecule has 5 fully saturated rings. The molecule has 2 saturated heterocycles. The number of ether oxygens (including phenoxy) is 6. The molecule has 3 N–H and O–H groups in total. The molecule has 10 atom stereocenters. The number of rotatable bonds is 9. The van der Waals surface area contributed by atoms with Crippen LogP contribution in [-0.4, -0.2) is 102 Å². The monoisotopic (exact) mass is 598 g/mol. The summed E-state index contributed by atoms with van der Waals surface area (Å²) in [5, 5.41) is 32.3. The lowest BCUT2D eigenvalue weighted by Crippen LogP contribution is -2.80. The molecule has 0 spiro atoms. The second kappa shape index (κ2) is 11.0. The van der Waals surface area contributed by atoms with E-state index in [4.69, 9.17) is 28.4 Å². The number of carbonyl (C=O) groups excluding carboxylic acids is 3. The molecule has 0 unspecified atom stereocenters. The minimum absolute atomic E-state index is 0.0297. The number of carbonyl (C=O) groups is 3. The maximum atomic E-state index is 13.3. The van der Waals surface area contributed by atoms with E-state index in [-0.39, 0.29) is 30.8 Å². The van der Waals surface area contributed by atoms with E-state index in [1.54, 1.807) is 67.6 Å². The van der Waals surface area contributed by atoms with Crippen LogP contribution in [-0.2, 0) is 33.2 Å². The molecule has 2 heterocycles. The minimum atomic E-state index is -1.71. The Balaban J connectivity index is 1.26. The van der Waals surface area contributed by atoms with Gasteiger partial charge in [0.25, 0.3) is 0 Å². The van der Waals surface area contributed by atoms with Gasteiger partial charge in [-0.1, -0.05) is 36.4 Å². The van der Waals surface area contributed by atoms with E-state index >= 15 is 0 Å². The van der Waals surface area contributed by atoms with Crippen LogP contribution in [0.1, 0.15) is 40.5 Å². The molecular weight excluding hydrogens is 564 g/mol. The maximum absolute atomic E-state index is 13.3. The van der Waals surface area contributed by atoms with Gasteiger partial charge < -0.3 is 43.7 Å². The van der Waals surface area contributed by atoms with Crippen LogP contribution in [0.2, 0.25) is 0 Å². The third kappa shape index (κ3) is 4.51. The molecule has 230 valence electrons. The third-order valence-electron chi connectivity index (χ3n) is 9.45. The van der Waals surface area contributed by atoms with Gasteiger partial charge in [0.15, 0.2) is 12.6 Å². The van der Waals surface area contributed by atoms with Crippen molar-refractivity contribution in [2.24, 2.45) is 11.3 Å². The predicted octanol–water partition coefficient (Wildman–Crippen LogP) is 1.00. The summed E-state index contributed by atoms with van der Waals surface area (Å²) >= 11 is 0. The number of hydrogen-bond donors (Lipinski definition) is 3. The molecule has 7 rings (SSSR count). The van der Waals surface area contributed by atoms with Crippen LogP contribution in [0.5, 0.6) is 0 Å². The first-order valence-corrected chi connectivity index (χ1v) is 14.1. The molecule has 0 aromatic heterocycles. The molecule has 0 amide bonds. The van der Waals surface area contributed by atoms with Crippen molar-refractivity contribution in [1.29, 1.82) is 0 Å². The number of hydrogen-bond acceptors (Lipinski definition) is 12. The fourth-order valence-electron chi connectivity index (χ4n) is 7.18. The van der Waals surface area contributed by atoms with Crippen LogP contribution >= 0.6 is 0 Å². The largest absolute Gasteiger partial charge is 0.461 e. The smallest absolute Gasteiger partial charge is 0.338 e. The van der Waals surface area contributed by atoms with Crippen molar-refractivity contribution in [3.63, 3.8) is 0 Å². The lowest BCUT2D eigenvalue weighted by Gasteiger charge is -2.66. The van der Waals surface area contributed by atoms with E-state index in [1.807, 2.05) is 0 Å². The fraction of sp³-hybridized carbons (Fsp3) is 0.516. The van der Waals surface area contributed by atoms with Gasteiger partial charge in [0.1, 0.15) is 54.6 Å². The summed E-state index contributed by atoms with van der Waals surface area (Å²) in [5.74, 6) is -2.02. The van der Waals surface area contributed by atoms with Gasteiger partial charge in [0.05, 0.1) is 16.5 Å². The first kappa shape index (κ1) is 29.8. The van der Waals surface area contributed by atoms with E-state index in [0.717, 1.165) is 0 Å². The van der Waals surface area contributed by atoms with Crippen LogP contribution in [0, 0.1) is 11.3 Å². The molecule has 5 aliphatic rings.